The molecule has 0 unspecified atom stereocenters. The standard InChI is InChI=1S/C12H13N2O/c1-2-15-12-6-4-3-5-10(12)11-7-8-13-9-14-11/h3-9H,2H2,1H3,(H,13,14). The molecule has 1 aliphatic rings. The maximum Gasteiger partial charge on any atom is 0.128 e. The summed E-state index contributed by atoms with van der Waals surface area (Å²) < 4.78 is 5.54. The van der Waals surface area contributed by atoms with Crippen LogP contribution >= 0.6 is 0 Å². The largest absolute Gasteiger partial charge is 0.493 e. The van der Waals surface area contributed by atoms with Gasteiger partial charge in [-0.25, -0.2) is 4.99 Å². The van der Waals surface area contributed by atoms with Crippen LogP contribution in [0.4, 0.5) is 0 Å². The van der Waals surface area contributed by atoms with Crippen molar-refractivity contribution in [2.45, 2.75) is 6.92 Å². The average Bonchev–Trinajstić information content (AvgIpc) is 2.31. The Morgan fingerprint density at radius 2 is 2.20 bits per heavy atom. The van der Waals surface area contributed by atoms with Crippen LogP contribution in [0, 0.1) is 6.54 Å². The maximum absolute atomic E-state index is 5.54. The van der Waals surface area contributed by atoms with E-state index >= 15 is 0 Å². The zero-order valence-corrected chi connectivity index (χ0v) is 8.60. The van der Waals surface area contributed by atoms with Gasteiger partial charge >= 0.3 is 0 Å². The lowest BCUT2D eigenvalue weighted by atomic mass is 10.1. The number of rotatable bonds is 3. The first-order valence-corrected chi connectivity index (χ1v) is 4.96. The van der Waals surface area contributed by atoms with Gasteiger partial charge in [-0.15, -0.1) is 0 Å². The predicted molar refractivity (Wildman–Crippen MR) is 61.5 cm³/mol. The topological polar surface area (TPSA) is 33.6 Å². The summed E-state index contributed by atoms with van der Waals surface area (Å²) >= 11 is 0. The van der Waals surface area contributed by atoms with Crippen molar-refractivity contribution in [3.05, 3.63) is 42.4 Å². The molecular formula is C12H13N2O. The Hall–Kier alpha value is -1.77. The molecule has 2 rings (SSSR count). The van der Waals surface area contributed by atoms with E-state index in [2.05, 4.69) is 10.3 Å². The molecule has 0 bridgehead atoms. The van der Waals surface area contributed by atoms with Crippen molar-refractivity contribution in [3.8, 4) is 5.75 Å². The monoisotopic (exact) mass is 201 g/mol. The summed E-state index contributed by atoms with van der Waals surface area (Å²) in [6.07, 6.45) is 3.59. The second kappa shape index (κ2) is 4.64. The third kappa shape index (κ3) is 2.18. The molecule has 3 nitrogen and oxygen atoms in total. The van der Waals surface area contributed by atoms with Gasteiger partial charge in [-0.05, 0) is 25.1 Å². The van der Waals surface area contributed by atoms with Gasteiger partial charge in [0.15, 0.2) is 0 Å². The molecule has 1 heterocycles. The molecule has 0 saturated heterocycles. The third-order valence-corrected chi connectivity index (χ3v) is 2.08. The van der Waals surface area contributed by atoms with Crippen molar-refractivity contribution in [1.29, 1.82) is 0 Å². The lowest BCUT2D eigenvalue weighted by Gasteiger charge is -2.12. The van der Waals surface area contributed by atoms with E-state index < -0.39 is 0 Å². The summed E-state index contributed by atoms with van der Waals surface area (Å²) in [4.78, 5) is 4.26. The van der Waals surface area contributed by atoms with Crippen LogP contribution in [0.3, 0.4) is 0 Å². The summed E-state index contributed by atoms with van der Waals surface area (Å²) in [5.74, 6) is 0.874. The van der Waals surface area contributed by atoms with Gasteiger partial charge in [0.05, 0.1) is 25.2 Å². The summed E-state index contributed by atoms with van der Waals surface area (Å²) in [5.41, 5.74) is 1.94. The van der Waals surface area contributed by atoms with Gasteiger partial charge in [-0.2, -0.15) is 0 Å². The summed E-state index contributed by atoms with van der Waals surface area (Å²) in [6.45, 7) is 4.49. The Morgan fingerprint density at radius 3 is 2.93 bits per heavy atom. The molecule has 0 aromatic heterocycles. The van der Waals surface area contributed by atoms with Crippen LogP contribution in [-0.2, 0) is 0 Å². The molecule has 0 fully saturated rings. The van der Waals surface area contributed by atoms with Gasteiger partial charge < -0.3 is 10.1 Å². The Kier molecular flexibility index (Phi) is 3.02. The number of nitrogens with one attached hydrogen (secondary N) is 1. The molecule has 1 N–H and O–H groups in total. The Balaban J connectivity index is 2.34. The van der Waals surface area contributed by atoms with Crippen LogP contribution in [0.5, 0.6) is 5.75 Å². The van der Waals surface area contributed by atoms with Gasteiger partial charge in [0.1, 0.15) is 5.75 Å². The van der Waals surface area contributed by atoms with Gasteiger partial charge in [-0.1, -0.05) is 12.1 Å². The second-order valence-electron chi connectivity index (χ2n) is 3.07. The molecule has 0 saturated carbocycles. The molecule has 1 aromatic carbocycles. The minimum atomic E-state index is 0.663. The SMILES string of the molecule is CCOc1ccccc1C1=C[CH]NC=N1. The number of nitrogens with zero attached hydrogens (tertiary/aromatic N) is 1. The Morgan fingerprint density at radius 1 is 1.33 bits per heavy atom. The van der Waals surface area contributed by atoms with Gasteiger partial charge in [0, 0.05) is 5.56 Å². The van der Waals surface area contributed by atoms with Crippen molar-refractivity contribution in [2.24, 2.45) is 4.99 Å². The van der Waals surface area contributed by atoms with Crippen LogP contribution in [-0.4, -0.2) is 12.9 Å². The first kappa shape index (κ1) is 9.77. The van der Waals surface area contributed by atoms with Crippen LogP contribution in [0.1, 0.15) is 12.5 Å². The van der Waals surface area contributed by atoms with Gasteiger partial charge in [0.25, 0.3) is 0 Å². The number of hydrogen-bond acceptors (Lipinski definition) is 3. The molecule has 0 aliphatic carbocycles. The lowest BCUT2D eigenvalue weighted by molar-refractivity contribution is 0.339. The summed E-state index contributed by atoms with van der Waals surface area (Å²) in [6, 6.07) is 7.91. The molecule has 77 valence electrons. The lowest BCUT2D eigenvalue weighted by Crippen LogP contribution is -2.09. The van der Waals surface area contributed by atoms with Crippen molar-refractivity contribution in [3.63, 3.8) is 0 Å². The van der Waals surface area contributed by atoms with E-state index in [0.29, 0.717) is 6.61 Å². The van der Waals surface area contributed by atoms with E-state index in [1.165, 1.54) is 0 Å². The highest BCUT2D eigenvalue weighted by atomic mass is 16.5. The van der Waals surface area contributed by atoms with Crippen molar-refractivity contribution in [2.75, 3.05) is 6.61 Å². The van der Waals surface area contributed by atoms with E-state index in [1.807, 2.05) is 43.8 Å². The zero-order chi connectivity index (χ0) is 10.5. The molecular weight excluding hydrogens is 188 g/mol. The Labute approximate surface area is 89.5 Å². The summed E-state index contributed by atoms with van der Waals surface area (Å²) in [7, 11) is 0. The number of hydrogen-bond donors (Lipinski definition) is 1. The minimum absolute atomic E-state index is 0.663. The van der Waals surface area contributed by atoms with Crippen LogP contribution in [0.15, 0.2) is 35.3 Å². The second-order valence-corrected chi connectivity index (χ2v) is 3.07. The molecule has 1 radical (unpaired) electrons. The molecule has 1 aliphatic heterocycles. The number of aliphatic imine (C=N–C) groups is 1. The molecule has 0 spiro atoms. The quantitative estimate of drug-likeness (QED) is 0.813. The molecule has 3 heteroatoms. The van der Waals surface area contributed by atoms with Crippen LogP contribution < -0.4 is 10.1 Å². The van der Waals surface area contributed by atoms with Crippen LogP contribution in [0.25, 0.3) is 5.70 Å². The van der Waals surface area contributed by atoms with E-state index in [-0.39, 0.29) is 0 Å². The molecule has 15 heavy (non-hydrogen) atoms. The van der Waals surface area contributed by atoms with E-state index in [4.69, 9.17) is 4.74 Å². The number of ether oxygens (including phenoxy) is 1. The van der Waals surface area contributed by atoms with E-state index in [0.717, 1.165) is 17.0 Å². The van der Waals surface area contributed by atoms with E-state index in [1.54, 1.807) is 6.34 Å². The number of benzene rings is 1. The molecule has 1 aromatic rings. The third-order valence-electron chi connectivity index (χ3n) is 2.08. The van der Waals surface area contributed by atoms with Crippen molar-refractivity contribution in [1.82, 2.24) is 5.32 Å². The Bertz CT molecular complexity index is 396. The van der Waals surface area contributed by atoms with Crippen molar-refractivity contribution < 1.29 is 4.74 Å². The summed E-state index contributed by atoms with van der Waals surface area (Å²) in [5, 5.41) is 2.90. The molecule has 0 atom stereocenters. The number of para-hydroxylation sites is 1. The van der Waals surface area contributed by atoms with Crippen LogP contribution in [0.2, 0.25) is 0 Å². The molecule has 0 amide bonds. The zero-order valence-electron chi connectivity index (χ0n) is 8.60. The first-order valence-electron chi connectivity index (χ1n) is 4.96. The van der Waals surface area contributed by atoms with E-state index in [9.17, 15) is 0 Å². The first-order chi connectivity index (χ1) is 7.42. The highest BCUT2D eigenvalue weighted by molar-refractivity contribution is 5.79. The normalized spacial score (nSPS) is 14.3. The van der Waals surface area contributed by atoms with Crippen molar-refractivity contribution >= 4 is 12.0 Å². The predicted octanol–water partition coefficient (Wildman–Crippen LogP) is 2.22. The average molecular weight is 201 g/mol. The van der Waals surface area contributed by atoms with Gasteiger partial charge in [-0.3, -0.25) is 0 Å². The highest BCUT2D eigenvalue weighted by Gasteiger charge is 2.08. The van der Waals surface area contributed by atoms with Gasteiger partial charge in [0.2, 0.25) is 0 Å². The fourth-order valence-electron chi connectivity index (χ4n) is 1.44. The maximum atomic E-state index is 5.54. The fourth-order valence-corrected chi connectivity index (χ4v) is 1.44. The minimum Gasteiger partial charge on any atom is -0.493 e. The smallest absolute Gasteiger partial charge is 0.128 e. The highest BCUT2D eigenvalue weighted by Crippen LogP contribution is 2.27. The fraction of sp³-hybridized carbons (Fsp3) is 0.167.